The third kappa shape index (κ3) is 5.71. The molecular weight excluding hydrogens is 517 g/mol. The summed E-state index contributed by atoms with van der Waals surface area (Å²) in [4.78, 5) is 51.5. The SMILES string of the molecule is N#C[C@@H](C[C@H]1CCNC1=O)NC(=O)[C@H]1[C@@H]2CC[C@@H](CC2(F)F)N1C(=O)[C@H](CC1CCC1)NC(=O)C(F)(F)F. The highest BCUT2D eigenvalue weighted by atomic mass is 19.4. The van der Waals surface area contributed by atoms with Crippen LogP contribution in [0.5, 0.6) is 0 Å². The van der Waals surface area contributed by atoms with E-state index in [1.54, 1.807) is 5.32 Å². The van der Waals surface area contributed by atoms with Crippen LogP contribution in [0.15, 0.2) is 0 Å². The van der Waals surface area contributed by atoms with Crippen LogP contribution in [0.1, 0.15) is 57.8 Å². The molecule has 0 aromatic carbocycles. The molecular formula is C24H30F5N5O4. The summed E-state index contributed by atoms with van der Waals surface area (Å²) in [5.41, 5.74) is 0. The Morgan fingerprint density at radius 3 is 2.34 bits per heavy atom. The van der Waals surface area contributed by atoms with Crippen molar-refractivity contribution in [3.63, 3.8) is 0 Å². The van der Waals surface area contributed by atoms with Crippen molar-refractivity contribution in [2.45, 2.75) is 94.1 Å². The van der Waals surface area contributed by atoms with E-state index in [2.05, 4.69) is 10.6 Å². The van der Waals surface area contributed by atoms with Crippen molar-refractivity contribution in [1.29, 1.82) is 5.26 Å². The molecule has 5 fully saturated rings. The number of carbonyl (C=O) groups is 4. The summed E-state index contributed by atoms with van der Waals surface area (Å²) >= 11 is 0. The summed E-state index contributed by atoms with van der Waals surface area (Å²) in [6.45, 7) is 0.405. The number of nitrogens with one attached hydrogen (secondary N) is 3. The average molecular weight is 548 g/mol. The van der Waals surface area contributed by atoms with E-state index in [1.807, 2.05) is 6.07 Å². The second-order valence-electron chi connectivity index (χ2n) is 10.8. The fourth-order valence-corrected chi connectivity index (χ4v) is 6.08. The van der Waals surface area contributed by atoms with Crippen molar-refractivity contribution in [2.75, 3.05) is 6.54 Å². The van der Waals surface area contributed by atoms with Crippen LogP contribution >= 0.6 is 0 Å². The molecule has 14 heteroatoms. The fourth-order valence-electron chi connectivity index (χ4n) is 6.08. The first-order valence-electron chi connectivity index (χ1n) is 12.9. The van der Waals surface area contributed by atoms with Crippen molar-refractivity contribution < 1.29 is 41.1 Å². The molecule has 2 saturated carbocycles. The Bertz CT molecular complexity index is 1010. The Labute approximate surface area is 215 Å². The van der Waals surface area contributed by atoms with Gasteiger partial charge in [0.2, 0.25) is 17.7 Å². The maximum Gasteiger partial charge on any atom is 0.471 e. The number of piperidine rings is 2. The number of alkyl halides is 5. The number of nitrogens with zero attached hydrogens (tertiary/aromatic N) is 2. The molecule has 3 heterocycles. The molecule has 2 aliphatic carbocycles. The van der Waals surface area contributed by atoms with Crippen LogP contribution in [0.2, 0.25) is 0 Å². The second kappa shape index (κ2) is 10.6. The van der Waals surface area contributed by atoms with E-state index < -0.39 is 72.2 Å². The molecule has 5 aliphatic rings. The minimum absolute atomic E-state index is 0.0504. The first-order valence-corrected chi connectivity index (χ1v) is 12.9. The number of rotatable bonds is 8. The van der Waals surface area contributed by atoms with Gasteiger partial charge in [-0.2, -0.15) is 18.4 Å². The summed E-state index contributed by atoms with van der Waals surface area (Å²) in [7, 11) is 0. The standard InChI is InChI=1S/C24H30F5N5O4/c25-23(26)10-15-4-5-16(23)18(20(36)32-14(11-30)9-13-6-7-31-19(13)35)34(15)21(37)17(8-12-2-1-3-12)33-22(38)24(27,28)29/h12-18H,1-10H2,(H,31,35)(H,32,36)(H,33,38)/t13-,14-,15+,16+,17+,18-/m1/s1. The van der Waals surface area contributed by atoms with E-state index in [0.29, 0.717) is 25.8 Å². The molecule has 3 aliphatic heterocycles. The zero-order valence-corrected chi connectivity index (χ0v) is 20.5. The summed E-state index contributed by atoms with van der Waals surface area (Å²) < 4.78 is 68.9. The number of carbonyl (C=O) groups excluding carboxylic acids is 4. The van der Waals surface area contributed by atoms with Gasteiger partial charge in [-0.15, -0.1) is 0 Å². The third-order valence-corrected chi connectivity index (χ3v) is 8.27. The number of hydrogen-bond donors (Lipinski definition) is 3. The maximum atomic E-state index is 14.9. The molecule has 0 unspecified atom stereocenters. The second-order valence-corrected chi connectivity index (χ2v) is 10.8. The first kappa shape index (κ1) is 28.0. The quantitative estimate of drug-likeness (QED) is 0.399. The van der Waals surface area contributed by atoms with Gasteiger partial charge in [-0.3, -0.25) is 19.2 Å². The Balaban J connectivity index is 1.58. The normalized spacial score (nSPS) is 30.0. The molecule has 0 aromatic rings. The van der Waals surface area contributed by atoms with Gasteiger partial charge in [-0.25, -0.2) is 8.78 Å². The molecule has 3 N–H and O–H groups in total. The van der Waals surface area contributed by atoms with E-state index in [0.717, 1.165) is 11.3 Å². The molecule has 0 aromatic heterocycles. The van der Waals surface area contributed by atoms with Crippen LogP contribution in [0.25, 0.3) is 0 Å². The van der Waals surface area contributed by atoms with E-state index in [4.69, 9.17) is 0 Å². The Hall–Kier alpha value is -2.98. The molecule has 0 radical (unpaired) electrons. The first-order chi connectivity index (χ1) is 17.8. The smallest absolute Gasteiger partial charge is 0.356 e. The van der Waals surface area contributed by atoms with Gasteiger partial charge in [0, 0.05) is 24.9 Å². The van der Waals surface area contributed by atoms with Crippen molar-refractivity contribution in [1.82, 2.24) is 20.9 Å². The largest absolute Gasteiger partial charge is 0.471 e. The van der Waals surface area contributed by atoms with Crippen LogP contribution in [0.3, 0.4) is 0 Å². The maximum absolute atomic E-state index is 14.9. The highest BCUT2D eigenvalue weighted by Gasteiger charge is 2.61. The molecule has 210 valence electrons. The summed E-state index contributed by atoms with van der Waals surface area (Å²) in [5.74, 6) is -10.2. The molecule has 5 rings (SSSR count). The van der Waals surface area contributed by atoms with Crippen LogP contribution in [0.4, 0.5) is 22.0 Å². The van der Waals surface area contributed by atoms with Gasteiger partial charge >= 0.3 is 12.1 Å². The van der Waals surface area contributed by atoms with E-state index in [9.17, 15) is 46.4 Å². The zero-order chi connectivity index (χ0) is 27.8. The number of amides is 4. The van der Waals surface area contributed by atoms with Crippen molar-refractivity contribution in [3.8, 4) is 6.07 Å². The van der Waals surface area contributed by atoms with Gasteiger partial charge < -0.3 is 20.9 Å². The summed E-state index contributed by atoms with van der Waals surface area (Å²) in [6.07, 6.45) is -3.56. The van der Waals surface area contributed by atoms with Crippen LogP contribution in [-0.4, -0.2) is 71.3 Å². The average Bonchev–Trinajstić information content (AvgIpc) is 3.21. The van der Waals surface area contributed by atoms with Crippen molar-refractivity contribution >= 4 is 23.6 Å². The lowest BCUT2D eigenvalue weighted by Gasteiger charge is -2.54. The number of halogens is 5. The van der Waals surface area contributed by atoms with Gasteiger partial charge in [-0.1, -0.05) is 19.3 Å². The van der Waals surface area contributed by atoms with Gasteiger partial charge in [0.15, 0.2) is 0 Å². The highest BCUT2D eigenvalue weighted by molar-refractivity contribution is 5.94. The minimum Gasteiger partial charge on any atom is -0.356 e. The van der Waals surface area contributed by atoms with Crippen molar-refractivity contribution in [3.05, 3.63) is 0 Å². The third-order valence-electron chi connectivity index (χ3n) is 8.27. The molecule has 6 atom stereocenters. The minimum atomic E-state index is -5.25. The van der Waals surface area contributed by atoms with Crippen LogP contribution in [-0.2, 0) is 19.2 Å². The van der Waals surface area contributed by atoms with Gasteiger partial charge in [-0.05, 0) is 38.0 Å². The Morgan fingerprint density at radius 2 is 1.82 bits per heavy atom. The molecule has 4 amide bonds. The monoisotopic (exact) mass is 547 g/mol. The predicted octanol–water partition coefficient (Wildman–Crippen LogP) is 1.77. The molecule has 38 heavy (non-hydrogen) atoms. The Kier molecular flexibility index (Phi) is 7.86. The molecule has 0 spiro atoms. The molecule has 3 saturated heterocycles. The number of hydrogen-bond acceptors (Lipinski definition) is 5. The molecule has 9 nitrogen and oxygen atoms in total. The Morgan fingerprint density at radius 1 is 1.11 bits per heavy atom. The van der Waals surface area contributed by atoms with Gasteiger partial charge in [0.25, 0.3) is 5.92 Å². The van der Waals surface area contributed by atoms with Gasteiger partial charge in [0.05, 0.1) is 12.0 Å². The lowest BCUT2D eigenvalue weighted by Crippen LogP contribution is -2.71. The number of fused-ring (bicyclic) bond motifs is 3. The highest BCUT2D eigenvalue weighted by Crippen LogP contribution is 2.49. The topological polar surface area (TPSA) is 131 Å². The number of nitriles is 1. The summed E-state index contributed by atoms with van der Waals surface area (Å²) in [5, 5.41) is 16.3. The lowest BCUT2D eigenvalue weighted by atomic mass is 9.71. The zero-order valence-electron chi connectivity index (χ0n) is 20.5. The van der Waals surface area contributed by atoms with Gasteiger partial charge in [0.1, 0.15) is 18.1 Å². The molecule has 2 bridgehead atoms. The van der Waals surface area contributed by atoms with E-state index in [1.165, 1.54) is 0 Å². The van der Waals surface area contributed by atoms with Crippen molar-refractivity contribution in [2.24, 2.45) is 17.8 Å². The lowest BCUT2D eigenvalue weighted by molar-refractivity contribution is -0.196. The van der Waals surface area contributed by atoms with E-state index in [-0.39, 0.29) is 37.5 Å². The van der Waals surface area contributed by atoms with Crippen LogP contribution in [0, 0.1) is 29.1 Å². The fraction of sp³-hybridized carbons (Fsp3) is 0.792. The summed E-state index contributed by atoms with van der Waals surface area (Å²) in [6, 6.07) is -3.83. The van der Waals surface area contributed by atoms with E-state index >= 15 is 0 Å². The predicted molar refractivity (Wildman–Crippen MR) is 120 cm³/mol. The van der Waals surface area contributed by atoms with Crippen LogP contribution < -0.4 is 16.0 Å².